The molecular formula is C11H23N3S. The Bertz CT molecular complexity index is 241. The molecule has 0 aliphatic heterocycles. The Kier molecular flexibility index (Phi) is 6.37. The molecule has 0 bridgehead atoms. The first-order chi connectivity index (χ1) is 6.90. The highest BCUT2D eigenvalue weighted by Crippen LogP contribution is 2.17. The van der Waals surface area contributed by atoms with Crippen molar-refractivity contribution in [3.63, 3.8) is 0 Å². The van der Waals surface area contributed by atoms with Gasteiger partial charge in [-0.1, -0.05) is 6.92 Å². The molecule has 0 N–H and O–H groups in total. The second kappa shape index (κ2) is 6.70. The highest BCUT2D eigenvalue weighted by atomic mass is 32.2. The van der Waals surface area contributed by atoms with Crippen LogP contribution in [0.4, 0.5) is 0 Å². The summed E-state index contributed by atoms with van der Waals surface area (Å²) in [7, 11) is 12.2. The van der Waals surface area contributed by atoms with Crippen molar-refractivity contribution >= 4 is 11.8 Å². The van der Waals surface area contributed by atoms with Gasteiger partial charge in [0.2, 0.25) is 0 Å². The number of thioether (sulfide) groups is 1. The van der Waals surface area contributed by atoms with Gasteiger partial charge in [-0.3, -0.25) is 0 Å². The van der Waals surface area contributed by atoms with E-state index in [1.165, 1.54) is 0 Å². The van der Waals surface area contributed by atoms with Crippen molar-refractivity contribution in [3.8, 4) is 0 Å². The summed E-state index contributed by atoms with van der Waals surface area (Å²) in [5.74, 6) is 2.15. The molecule has 0 spiro atoms. The summed E-state index contributed by atoms with van der Waals surface area (Å²) in [5, 5.41) is 1.16. The van der Waals surface area contributed by atoms with Gasteiger partial charge in [0.15, 0.2) is 5.82 Å². The van der Waals surface area contributed by atoms with E-state index >= 15 is 0 Å². The van der Waals surface area contributed by atoms with Crippen molar-refractivity contribution in [2.75, 3.05) is 48.0 Å². The second-order valence-corrected chi connectivity index (χ2v) is 5.12. The monoisotopic (exact) mass is 229 g/mol. The van der Waals surface area contributed by atoms with Crippen LogP contribution >= 0.6 is 11.8 Å². The molecule has 0 atom stereocenters. The van der Waals surface area contributed by atoms with Crippen LogP contribution in [-0.2, 0) is 0 Å². The number of hydrogen-bond acceptors (Lipinski definition) is 4. The molecule has 0 aromatic rings. The molecule has 0 aliphatic rings. The summed E-state index contributed by atoms with van der Waals surface area (Å²) in [6.45, 7) is 2.15. The third kappa shape index (κ3) is 5.05. The molecule has 0 heterocycles. The van der Waals surface area contributed by atoms with Crippen molar-refractivity contribution in [1.29, 1.82) is 0 Å². The predicted octanol–water partition coefficient (Wildman–Crippen LogP) is 1.71. The molecule has 0 saturated heterocycles. The molecule has 0 unspecified atom stereocenters. The van der Waals surface area contributed by atoms with Gasteiger partial charge in [-0.2, -0.15) is 0 Å². The van der Waals surface area contributed by atoms with E-state index in [1.807, 2.05) is 42.3 Å². The van der Waals surface area contributed by atoms with Crippen molar-refractivity contribution in [1.82, 2.24) is 14.7 Å². The van der Waals surface area contributed by atoms with Gasteiger partial charge >= 0.3 is 0 Å². The van der Waals surface area contributed by atoms with E-state index in [2.05, 4.69) is 27.4 Å². The topological polar surface area (TPSA) is 9.72 Å². The van der Waals surface area contributed by atoms with Gasteiger partial charge in [-0.15, -0.1) is 11.8 Å². The molecule has 15 heavy (non-hydrogen) atoms. The fraction of sp³-hybridized carbons (Fsp3) is 0.727. The smallest absolute Gasteiger partial charge is 0.151 e. The predicted molar refractivity (Wildman–Crippen MR) is 69.7 cm³/mol. The molecule has 0 aliphatic carbocycles. The normalized spacial score (nSPS) is 9.27. The van der Waals surface area contributed by atoms with E-state index in [4.69, 9.17) is 0 Å². The lowest BCUT2D eigenvalue weighted by atomic mass is 10.5. The Balaban J connectivity index is 5.22. The van der Waals surface area contributed by atoms with Crippen LogP contribution in [0.5, 0.6) is 0 Å². The van der Waals surface area contributed by atoms with E-state index in [0.29, 0.717) is 0 Å². The average Bonchev–Trinajstić information content (AvgIpc) is 2.10. The SMILES string of the molecule is CCSC(=C=C(N(C)C)N(C)C)N(C)C. The Morgan fingerprint density at radius 1 is 0.933 bits per heavy atom. The lowest BCUT2D eigenvalue weighted by molar-refractivity contribution is 0.343. The fourth-order valence-electron chi connectivity index (χ4n) is 1.13. The number of hydrogen-bond donors (Lipinski definition) is 0. The van der Waals surface area contributed by atoms with E-state index in [-0.39, 0.29) is 0 Å². The quantitative estimate of drug-likeness (QED) is 0.664. The maximum Gasteiger partial charge on any atom is 0.151 e. The Morgan fingerprint density at radius 2 is 1.40 bits per heavy atom. The lowest BCUT2D eigenvalue weighted by Crippen LogP contribution is -2.24. The molecule has 3 nitrogen and oxygen atoms in total. The van der Waals surface area contributed by atoms with E-state index in [9.17, 15) is 0 Å². The van der Waals surface area contributed by atoms with Gasteiger partial charge in [0.1, 0.15) is 5.03 Å². The van der Waals surface area contributed by atoms with Gasteiger partial charge in [-0.05, 0) is 11.5 Å². The molecule has 4 heteroatoms. The van der Waals surface area contributed by atoms with Crippen molar-refractivity contribution in [3.05, 3.63) is 16.6 Å². The molecule has 0 fully saturated rings. The minimum atomic E-state index is 1.06. The maximum atomic E-state index is 3.43. The van der Waals surface area contributed by atoms with Gasteiger partial charge in [0.05, 0.1) is 0 Å². The Hall–Kier alpha value is -0.730. The summed E-state index contributed by atoms with van der Waals surface area (Å²) >= 11 is 1.80. The first kappa shape index (κ1) is 14.3. The van der Waals surface area contributed by atoms with E-state index < -0.39 is 0 Å². The van der Waals surface area contributed by atoms with E-state index in [0.717, 1.165) is 16.6 Å². The van der Waals surface area contributed by atoms with Crippen LogP contribution in [0, 0.1) is 0 Å². The molecule has 0 radical (unpaired) electrons. The Morgan fingerprint density at radius 3 is 1.67 bits per heavy atom. The van der Waals surface area contributed by atoms with E-state index in [1.54, 1.807) is 11.8 Å². The van der Waals surface area contributed by atoms with Gasteiger partial charge in [-0.25, -0.2) is 0 Å². The van der Waals surface area contributed by atoms with Crippen molar-refractivity contribution in [2.45, 2.75) is 6.92 Å². The standard InChI is InChI=1S/C11H23N3S/c1-8-15-11(14(6)7)9-10(12(2)3)13(4)5/h8H2,1-7H3. The molecule has 0 saturated carbocycles. The van der Waals surface area contributed by atoms with Crippen LogP contribution in [-0.4, -0.2) is 62.7 Å². The molecule has 0 rings (SSSR count). The summed E-state index contributed by atoms with van der Waals surface area (Å²) in [4.78, 5) is 6.24. The van der Waals surface area contributed by atoms with Crippen molar-refractivity contribution in [2.24, 2.45) is 0 Å². The zero-order valence-electron chi connectivity index (χ0n) is 11.0. The van der Waals surface area contributed by atoms with Crippen molar-refractivity contribution < 1.29 is 0 Å². The third-order valence-corrected chi connectivity index (χ3v) is 2.78. The van der Waals surface area contributed by atoms with Crippen LogP contribution in [0.3, 0.4) is 0 Å². The minimum absolute atomic E-state index is 1.06. The average molecular weight is 229 g/mol. The minimum Gasteiger partial charge on any atom is -0.366 e. The zero-order chi connectivity index (χ0) is 12.0. The van der Waals surface area contributed by atoms with Crippen LogP contribution in [0.25, 0.3) is 0 Å². The molecular weight excluding hydrogens is 206 g/mol. The molecule has 0 aromatic carbocycles. The largest absolute Gasteiger partial charge is 0.366 e. The van der Waals surface area contributed by atoms with Gasteiger partial charge in [0, 0.05) is 42.3 Å². The Labute approximate surface area is 98.4 Å². The van der Waals surface area contributed by atoms with Crippen LogP contribution in [0.1, 0.15) is 6.92 Å². The van der Waals surface area contributed by atoms with Crippen LogP contribution in [0.15, 0.2) is 16.6 Å². The summed E-state index contributed by atoms with van der Waals surface area (Å²) in [6.07, 6.45) is 0. The number of nitrogens with zero attached hydrogens (tertiary/aromatic N) is 3. The zero-order valence-corrected chi connectivity index (χ0v) is 11.8. The molecule has 0 aromatic heterocycles. The van der Waals surface area contributed by atoms with Crippen LogP contribution < -0.4 is 0 Å². The fourth-order valence-corrected chi connectivity index (χ4v) is 1.83. The molecule has 0 amide bonds. The summed E-state index contributed by atoms with van der Waals surface area (Å²) < 4.78 is 0. The molecule has 88 valence electrons. The highest BCUT2D eigenvalue weighted by molar-refractivity contribution is 8.02. The van der Waals surface area contributed by atoms with Crippen LogP contribution in [0.2, 0.25) is 0 Å². The first-order valence-corrected chi connectivity index (χ1v) is 6.04. The second-order valence-electron chi connectivity index (χ2n) is 3.87. The number of rotatable bonds is 5. The third-order valence-electron chi connectivity index (χ3n) is 1.75. The summed E-state index contributed by atoms with van der Waals surface area (Å²) in [5.41, 5.74) is 3.43. The first-order valence-electron chi connectivity index (χ1n) is 5.05. The lowest BCUT2D eigenvalue weighted by Gasteiger charge is -2.23. The van der Waals surface area contributed by atoms with Gasteiger partial charge in [0.25, 0.3) is 0 Å². The van der Waals surface area contributed by atoms with Gasteiger partial charge < -0.3 is 14.7 Å². The maximum absolute atomic E-state index is 3.43. The summed E-state index contributed by atoms with van der Waals surface area (Å²) in [6, 6.07) is 0. The highest BCUT2D eigenvalue weighted by Gasteiger charge is 2.04.